The molecule has 1 aliphatic heterocycles. The van der Waals surface area contributed by atoms with E-state index in [9.17, 15) is 4.79 Å². The maximum absolute atomic E-state index is 13.0. The van der Waals surface area contributed by atoms with Gasteiger partial charge >= 0.3 is 0 Å². The first-order valence-electron chi connectivity index (χ1n) is 9.51. The Bertz CT molecular complexity index is 893. The van der Waals surface area contributed by atoms with Crippen molar-refractivity contribution in [2.45, 2.75) is 25.9 Å². The van der Waals surface area contributed by atoms with Crippen molar-refractivity contribution >= 4 is 5.91 Å². The maximum atomic E-state index is 13.0. The molecule has 1 atom stereocenters. The van der Waals surface area contributed by atoms with Gasteiger partial charge in [-0.05, 0) is 48.4 Å². The Morgan fingerprint density at radius 3 is 3.07 bits per heavy atom. The Morgan fingerprint density at radius 2 is 2.29 bits per heavy atom. The summed E-state index contributed by atoms with van der Waals surface area (Å²) in [6.07, 6.45) is 3.65. The molecule has 4 rings (SSSR count). The number of hydrogen-bond donors (Lipinski definition) is 1. The molecule has 28 heavy (non-hydrogen) atoms. The summed E-state index contributed by atoms with van der Waals surface area (Å²) in [5, 5.41) is 14.1. The van der Waals surface area contributed by atoms with Crippen molar-refractivity contribution in [3.05, 3.63) is 54.0 Å². The SMILES string of the molecule is CN(Cc1cccc(-c2nn[nH]n2)c1)C(=O)C1CCCN(Cc2ccco2)C1. The van der Waals surface area contributed by atoms with E-state index in [1.807, 2.05) is 48.3 Å². The normalized spacial score (nSPS) is 17.5. The van der Waals surface area contributed by atoms with Crippen molar-refractivity contribution in [3.8, 4) is 11.4 Å². The molecule has 3 heterocycles. The lowest BCUT2D eigenvalue weighted by atomic mass is 9.96. The highest BCUT2D eigenvalue weighted by atomic mass is 16.3. The number of furan rings is 1. The number of aromatic nitrogens is 4. The van der Waals surface area contributed by atoms with E-state index in [0.717, 1.165) is 49.4 Å². The Morgan fingerprint density at radius 1 is 1.36 bits per heavy atom. The van der Waals surface area contributed by atoms with Crippen LogP contribution in [-0.4, -0.2) is 56.5 Å². The second-order valence-corrected chi connectivity index (χ2v) is 7.28. The van der Waals surface area contributed by atoms with Crippen LogP contribution in [0.1, 0.15) is 24.2 Å². The van der Waals surface area contributed by atoms with Gasteiger partial charge in [-0.2, -0.15) is 5.21 Å². The molecule has 1 aliphatic rings. The molecule has 0 aliphatic carbocycles. The van der Waals surface area contributed by atoms with Crippen molar-refractivity contribution < 1.29 is 9.21 Å². The number of rotatable bonds is 6. The molecule has 0 bridgehead atoms. The predicted octanol–water partition coefficient (Wildman–Crippen LogP) is 2.33. The quantitative estimate of drug-likeness (QED) is 0.706. The number of tetrazole rings is 1. The summed E-state index contributed by atoms with van der Waals surface area (Å²) in [4.78, 5) is 17.1. The third-order valence-electron chi connectivity index (χ3n) is 5.14. The van der Waals surface area contributed by atoms with Crippen LogP contribution >= 0.6 is 0 Å². The molecule has 1 amide bonds. The molecule has 8 nitrogen and oxygen atoms in total. The van der Waals surface area contributed by atoms with Crippen LogP contribution in [0.5, 0.6) is 0 Å². The lowest BCUT2D eigenvalue weighted by Gasteiger charge is -2.33. The van der Waals surface area contributed by atoms with E-state index in [2.05, 4.69) is 25.5 Å². The van der Waals surface area contributed by atoms with E-state index in [0.29, 0.717) is 12.4 Å². The third kappa shape index (κ3) is 4.28. The van der Waals surface area contributed by atoms with Crippen LogP contribution in [0.4, 0.5) is 0 Å². The molecule has 0 saturated carbocycles. The maximum Gasteiger partial charge on any atom is 0.227 e. The van der Waals surface area contributed by atoms with Crippen molar-refractivity contribution in [2.75, 3.05) is 20.1 Å². The lowest BCUT2D eigenvalue weighted by molar-refractivity contribution is -0.136. The number of likely N-dealkylation sites (tertiary alicyclic amines) is 1. The Labute approximate surface area is 163 Å². The van der Waals surface area contributed by atoms with Crippen LogP contribution < -0.4 is 0 Å². The summed E-state index contributed by atoms with van der Waals surface area (Å²) in [5.74, 6) is 1.71. The molecule has 1 aromatic carbocycles. The number of H-pyrrole nitrogens is 1. The van der Waals surface area contributed by atoms with E-state index < -0.39 is 0 Å². The van der Waals surface area contributed by atoms with Crippen LogP contribution in [0.3, 0.4) is 0 Å². The van der Waals surface area contributed by atoms with Gasteiger partial charge in [0.25, 0.3) is 0 Å². The van der Waals surface area contributed by atoms with Gasteiger partial charge in [0.05, 0.1) is 18.7 Å². The fraction of sp³-hybridized carbons (Fsp3) is 0.400. The van der Waals surface area contributed by atoms with Crippen LogP contribution in [0, 0.1) is 5.92 Å². The molecule has 3 aromatic rings. The van der Waals surface area contributed by atoms with Crippen LogP contribution in [0.2, 0.25) is 0 Å². The highest BCUT2D eigenvalue weighted by molar-refractivity contribution is 5.79. The van der Waals surface area contributed by atoms with E-state index in [1.165, 1.54) is 0 Å². The number of piperidine rings is 1. The van der Waals surface area contributed by atoms with Gasteiger partial charge in [-0.3, -0.25) is 9.69 Å². The Balaban J connectivity index is 1.37. The van der Waals surface area contributed by atoms with Gasteiger partial charge in [-0.25, -0.2) is 0 Å². The van der Waals surface area contributed by atoms with Crippen LogP contribution in [-0.2, 0) is 17.9 Å². The van der Waals surface area contributed by atoms with Gasteiger partial charge in [0, 0.05) is 25.7 Å². The first-order chi connectivity index (χ1) is 13.7. The van der Waals surface area contributed by atoms with Gasteiger partial charge in [-0.1, -0.05) is 18.2 Å². The number of amides is 1. The van der Waals surface area contributed by atoms with Gasteiger partial charge < -0.3 is 9.32 Å². The Hall–Kier alpha value is -3.00. The molecule has 0 radical (unpaired) electrons. The number of hydrogen-bond acceptors (Lipinski definition) is 6. The number of benzene rings is 1. The number of carbonyl (C=O) groups excluding carboxylic acids is 1. The highest BCUT2D eigenvalue weighted by Crippen LogP contribution is 2.22. The summed E-state index contributed by atoms with van der Waals surface area (Å²) < 4.78 is 5.45. The second kappa shape index (κ2) is 8.35. The van der Waals surface area contributed by atoms with Crippen molar-refractivity contribution in [3.63, 3.8) is 0 Å². The van der Waals surface area contributed by atoms with E-state index >= 15 is 0 Å². The third-order valence-corrected chi connectivity index (χ3v) is 5.14. The fourth-order valence-corrected chi connectivity index (χ4v) is 3.78. The number of aromatic amines is 1. The van der Waals surface area contributed by atoms with Crippen molar-refractivity contribution in [1.82, 2.24) is 30.4 Å². The van der Waals surface area contributed by atoms with E-state index in [4.69, 9.17) is 4.42 Å². The van der Waals surface area contributed by atoms with Gasteiger partial charge in [0.2, 0.25) is 11.7 Å². The number of nitrogens with one attached hydrogen (secondary N) is 1. The topological polar surface area (TPSA) is 91.2 Å². The van der Waals surface area contributed by atoms with Gasteiger partial charge in [0.15, 0.2) is 0 Å². The summed E-state index contributed by atoms with van der Waals surface area (Å²) in [6.45, 7) is 3.08. The molecule has 1 N–H and O–H groups in total. The zero-order valence-corrected chi connectivity index (χ0v) is 15.9. The molecule has 146 valence electrons. The predicted molar refractivity (Wildman–Crippen MR) is 103 cm³/mol. The monoisotopic (exact) mass is 380 g/mol. The molecule has 2 aromatic heterocycles. The summed E-state index contributed by atoms with van der Waals surface area (Å²) in [7, 11) is 1.87. The summed E-state index contributed by atoms with van der Waals surface area (Å²) in [5.41, 5.74) is 1.93. The smallest absolute Gasteiger partial charge is 0.227 e. The summed E-state index contributed by atoms with van der Waals surface area (Å²) in [6, 6.07) is 11.8. The van der Waals surface area contributed by atoms with Crippen LogP contribution in [0.25, 0.3) is 11.4 Å². The highest BCUT2D eigenvalue weighted by Gasteiger charge is 2.28. The van der Waals surface area contributed by atoms with E-state index in [1.54, 1.807) is 6.26 Å². The zero-order chi connectivity index (χ0) is 19.3. The number of nitrogens with zero attached hydrogens (tertiary/aromatic N) is 5. The zero-order valence-electron chi connectivity index (χ0n) is 15.9. The average Bonchev–Trinajstić information content (AvgIpc) is 3.42. The van der Waals surface area contributed by atoms with Gasteiger partial charge in [0.1, 0.15) is 5.76 Å². The standard InChI is InChI=1S/C20H24N6O2/c1-25(12-15-5-2-6-16(11-15)19-21-23-24-22-19)20(27)17-7-3-9-26(13-17)14-18-8-4-10-28-18/h2,4-6,8,10-11,17H,3,7,9,12-14H2,1H3,(H,21,22,23,24). The largest absolute Gasteiger partial charge is 0.468 e. The van der Waals surface area contributed by atoms with E-state index in [-0.39, 0.29) is 11.8 Å². The van der Waals surface area contributed by atoms with Gasteiger partial charge in [-0.15, -0.1) is 10.2 Å². The van der Waals surface area contributed by atoms with Crippen molar-refractivity contribution in [2.24, 2.45) is 5.92 Å². The van der Waals surface area contributed by atoms with Crippen LogP contribution in [0.15, 0.2) is 47.1 Å². The minimum Gasteiger partial charge on any atom is -0.468 e. The summed E-state index contributed by atoms with van der Waals surface area (Å²) >= 11 is 0. The van der Waals surface area contributed by atoms with Crippen molar-refractivity contribution in [1.29, 1.82) is 0 Å². The molecule has 1 unspecified atom stereocenters. The molecule has 1 saturated heterocycles. The molecule has 1 fully saturated rings. The first kappa shape index (κ1) is 18.4. The molecular formula is C20H24N6O2. The second-order valence-electron chi connectivity index (χ2n) is 7.28. The number of carbonyl (C=O) groups is 1. The molecule has 0 spiro atoms. The first-order valence-corrected chi connectivity index (χ1v) is 9.51. The lowest BCUT2D eigenvalue weighted by Crippen LogP contribution is -2.43. The minimum atomic E-state index is 0.0223. The molecular weight excluding hydrogens is 356 g/mol. The molecule has 8 heteroatoms. The average molecular weight is 380 g/mol. The fourth-order valence-electron chi connectivity index (χ4n) is 3.78. The minimum absolute atomic E-state index is 0.0223. The Kier molecular flexibility index (Phi) is 5.48.